The fourth-order valence-electron chi connectivity index (χ4n) is 2.83. The molecule has 0 aliphatic carbocycles. The monoisotopic (exact) mass is 342 g/mol. The van der Waals surface area contributed by atoms with E-state index in [0.717, 1.165) is 33.8 Å². The lowest BCUT2D eigenvalue weighted by atomic mass is 10.0. The molecule has 5 heteroatoms. The fraction of sp³-hybridized carbons (Fsp3) is 0.0952. The van der Waals surface area contributed by atoms with Crippen molar-refractivity contribution in [2.75, 3.05) is 6.61 Å². The molecule has 128 valence electrons. The molecule has 1 N–H and O–H groups in total. The van der Waals surface area contributed by atoms with Crippen molar-refractivity contribution in [1.29, 1.82) is 0 Å². The Morgan fingerprint density at radius 1 is 0.923 bits per heavy atom. The lowest BCUT2D eigenvalue weighted by Crippen LogP contribution is -2.19. The van der Waals surface area contributed by atoms with Crippen LogP contribution in [0.3, 0.4) is 0 Å². The van der Waals surface area contributed by atoms with Gasteiger partial charge < -0.3 is 4.74 Å². The summed E-state index contributed by atoms with van der Waals surface area (Å²) in [5.41, 5.74) is 7.63. The van der Waals surface area contributed by atoms with Crippen molar-refractivity contribution in [3.63, 3.8) is 0 Å². The highest BCUT2D eigenvalue weighted by Crippen LogP contribution is 2.29. The van der Waals surface area contributed by atoms with Gasteiger partial charge in [0.1, 0.15) is 11.5 Å². The van der Waals surface area contributed by atoms with Crippen molar-refractivity contribution in [2.45, 2.75) is 6.92 Å². The zero-order valence-corrected chi connectivity index (χ0v) is 14.4. The van der Waals surface area contributed by atoms with Crippen LogP contribution in [0.2, 0.25) is 0 Å². The highest BCUT2D eigenvalue weighted by molar-refractivity contribution is 6.18. The first kappa shape index (κ1) is 16.0. The smallest absolute Gasteiger partial charge is 0.154 e. The van der Waals surface area contributed by atoms with Crippen LogP contribution in [-0.2, 0) is 0 Å². The Bertz CT molecular complexity index is 966. The average Bonchev–Trinajstić information content (AvgIpc) is 2.89. The van der Waals surface area contributed by atoms with Crippen molar-refractivity contribution in [3.8, 4) is 5.75 Å². The summed E-state index contributed by atoms with van der Waals surface area (Å²) < 4.78 is 5.67. The van der Waals surface area contributed by atoms with Gasteiger partial charge in [0.15, 0.2) is 5.84 Å². The van der Waals surface area contributed by atoms with Crippen LogP contribution in [0, 0.1) is 0 Å². The maximum Gasteiger partial charge on any atom is 0.154 e. The fourth-order valence-corrected chi connectivity index (χ4v) is 2.83. The minimum Gasteiger partial charge on any atom is -0.494 e. The zero-order chi connectivity index (χ0) is 17.8. The van der Waals surface area contributed by atoms with Crippen LogP contribution in [0.15, 0.2) is 83.2 Å². The number of nitrogens with zero attached hydrogens (tertiary/aromatic N) is 3. The molecule has 0 unspecified atom stereocenters. The van der Waals surface area contributed by atoms with E-state index in [9.17, 15) is 0 Å². The molecule has 0 bridgehead atoms. The molecule has 2 heterocycles. The Hall–Kier alpha value is -3.47. The number of nitrogens with one attached hydrogen (secondary N) is 1. The summed E-state index contributed by atoms with van der Waals surface area (Å²) in [6, 6.07) is 19.7. The molecule has 0 radical (unpaired) electrons. The molecule has 0 saturated carbocycles. The highest BCUT2D eigenvalue weighted by Gasteiger charge is 2.18. The van der Waals surface area contributed by atoms with E-state index in [2.05, 4.69) is 15.5 Å². The first-order valence-electron chi connectivity index (χ1n) is 8.50. The Kier molecular flexibility index (Phi) is 4.43. The van der Waals surface area contributed by atoms with E-state index in [-0.39, 0.29) is 0 Å². The van der Waals surface area contributed by atoms with E-state index < -0.39 is 0 Å². The van der Waals surface area contributed by atoms with E-state index in [1.54, 1.807) is 12.4 Å². The molecule has 26 heavy (non-hydrogen) atoms. The summed E-state index contributed by atoms with van der Waals surface area (Å²) in [4.78, 5) is 8.91. The number of aliphatic imine (C=N–C) groups is 1. The minimum absolute atomic E-state index is 0.608. The van der Waals surface area contributed by atoms with Crippen molar-refractivity contribution in [3.05, 3.63) is 89.7 Å². The second-order valence-corrected chi connectivity index (χ2v) is 5.75. The predicted octanol–water partition coefficient (Wildman–Crippen LogP) is 3.91. The molecule has 5 nitrogen and oxygen atoms in total. The molecular formula is C21H18N4O. The molecule has 0 fully saturated rings. The van der Waals surface area contributed by atoms with Crippen LogP contribution < -0.4 is 10.2 Å². The minimum atomic E-state index is 0.608. The maximum atomic E-state index is 5.67. The molecule has 3 aromatic rings. The summed E-state index contributed by atoms with van der Waals surface area (Å²) in [6.45, 7) is 2.58. The number of benzene rings is 2. The van der Waals surface area contributed by atoms with E-state index in [0.29, 0.717) is 12.4 Å². The molecule has 0 amide bonds. The molecule has 0 spiro atoms. The van der Waals surface area contributed by atoms with Gasteiger partial charge in [-0.1, -0.05) is 30.3 Å². The lowest BCUT2D eigenvalue weighted by molar-refractivity contribution is 0.340. The third kappa shape index (κ3) is 3.19. The van der Waals surface area contributed by atoms with Gasteiger partial charge in [0.05, 0.1) is 12.3 Å². The van der Waals surface area contributed by atoms with Crippen molar-refractivity contribution in [2.24, 2.45) is 10.1 Å². The van der Waals surface area contributed by atoms with Gasteiger partial charge in [-0.3, -0.25) is 10.4 Å². The summed E-state index contributed by atoms with van der Waals surface area (Å²) in [6.07, 6.45) is 3.52. The summed E-state index contributed by atoms with van der Waals surface area (Å²) in [5.74, 6) is 1.51. The van der Waals surface area contributed by atoms with Gasteiger partial charge in [-0.15, -0.1) is 0 Å². The van der Waals surface area contributed by atoms with Gasteiger partial charge in [-0.2, -0.15) is 5.10 Å². The number of fused-ring (bicyclic) bond motifs is 1. The van der Waals surface area contributed by atoms with E-state index in [4.69, 9.17) is 9.73 Å². The van der Waals surface area contributed by atoms with Crippen LogP contribution in [0.4, 0.5) is 5.69 Å². The van der Waals surface area contributed by atoms with Gasteiger partial charge in [0.25, 0.3) is 0 Å². The summed E-state index contributed by atoms with van der Waals surface area (Å²) in [7, 11) is 0. The van der Waals surface area contributed by atoms with E-state index >= 15 is 0 Å². The van der Waals surface area contributed by atoms with Crippen LogP contribution in [-0.4, -0.2) is 23.1 Å². The van der Waals surface area contributed by atoms with Gasteiger partial charge in [0, 0.05) is 29.1 Å². The van der Waals surface area contributed by atoms with Crippen LogP contribution in [0.1, 0.15) is 23.6 Å². The number of hydrogen-bond acceptors (Lipinski definition) is 5. The average molecular weight is 342 g/mol. The number of rotatable bonds is 4. The maximum absolute atomic E-state index is 5.67. The topological polar surface area (TPSA) is 58.9 Å². The quantitative estimate of drug-likeness (QED) is 0.782. The highest BCUT2D eigenvalue weighted by atomic mass is 16.5. The van der Waals surface area contributed by atoms with E-state index in [1.165, 1.54) is 0 Å². The molecule has 0 atom stereocenters. The van der Waals surface area contributed by atoms with Crippen LogP contribution >= 0.6 is 0 Å². The number of aromatic nitrogens is 1. The third-order valence-corrected chi connectivity index (χ3v) is 4.04. The second kappa shape index (κ2) is 7.19. The summed E-state index contributed by atoms with van der Waals surface area (Å²) in [5, 5.41) is 4.65. The van der Waals surface area contributed by atoms with Gasteiger partial charge >= 0.3 is 0 Å². The molecule has 1 aromatic heterocycles. The molecular weight excluding hydrogens is 324 g/mol. The number of ether oxygens (including phenoxy) is 1. The standard InChI is InChI=1S/C21H18N4O/c1-2-26-17-8-9-19-18(14-17)20(15-10-12-22-13-11-15)24-25-21(23-19)16-6-4-3-5-7-16/h3-14H,2H2,1H3,(H,23,25). The first-order valence-corrected chi connectivity index (χ1v) is 8.50. The number of hydrazone groups is 1. The normalized spacial score (nSPS) is 13.0. The Labute approximate surface area is 152 Å². The van der Waals surface area contributed by atoms with Crippen molar-refractivity contribution < 1.29 is 4.74 Å². The Balaban J connectivity index is 1.86. The Morgan fingerprint density at radius 3 is 2.50 bits per heavy atom. The predicted molar refractivity (Wildman–Crippen MR) is 103 cm³/mol. The number of hydrogen-bond donors (Lipinski definition) is 1. The Morgan fingerprint density at radius 2 is 1.73 bits per heavy atom. The lowest BCUT2D eigenvalue weighted by Gasteiger charge is -2.10. The SMILES string of the molecule is CCOc1ccc2c(c1)C(c1ccncc1)=NNC(c1ccccc1)=N2. The molecule has 4 rings (SSSR count). The van der Waals surface area contributed by atoms with E-state index in [1.807, 2.05) is 67.6 Å². The molecule has 1 aliphatic rings. The van der Waals surface area contributed by atoms with Crippen LogP contribution in [0.25, 0.3) is 0 Å². The zero-order valence-electron chi connectivity index (χ0n) is 14.4. The molecule has 0 saturated heterocycles. The molecule has 1 aliphatic heterocycles. The van der Waals surface area contributed by atoms with Crippen molar-refractivity contribution in [1.82, 2.24) is 10.4 Å². The molecule has 2 aromatic carbocycles. The first-order chi connectivity index (χ1) is 12.8. The number of pyridine rings is 1. The number of amidine groups is 1. The van der Waals surface area contributed by atoms with Crippen LogP contribution in [0.5, 0.6) is 5.75 Å². The van der Waals surface area contributed by atoms with Gasteiger partial charge in [0.2, 0.25) is 0 Å². The third-order valence-electron chi connectivity index (χ3n) is 4.04. The second-order valence-electron chi connectivity index (χ2n) is 5.75. The largest absolute Gasteiger partial charge is 0.494 e. The summed E-state index contributed by atoms with van der Waals surface area (Å²) >= 11 is 0. The van der Waals surface area contributed by atoms with Gasteiger partial charge in [-0.25, -0.2) is 4.99 Å². The van der Waals surface area contributed by atoms with Gasteiger partial charge in [-0.05, 0) is 37.3 Å². The van der Waals surface area contributed by atoms with Crippen molar-refractivity contribution >= 4 is 17.2 Å².